The third-order valence-electron chi connectivity index (χ3n) is 4.62. The number of piperazine rings is 1. The Kier molecular flexibility index (Phi) is 5.03. The highest BCUT2D eigenvalue weighted by Crippen LogP contribution is 2.25. The van der Waals surface area contributed by atoms with Crippen molar-refractivity contribution in [2.45, 2.75) is 25.4 Å². The summed E-state index contributed by atoms with van der Waals surface area (Å²) in [6.07, 6.45) is -0.0609. The summed E-state index contributed by atoms with van der Waals surface area (Å²) in [7, 11) is 0. The molecule has 0 bridgehead atoms. The van der Waals surface area contributed by atoms with E-state index in [1.54, 1.807) is 17.0 Å². The highest BCUT2D eigenvalue weighted by Gasteiger charge is 2.36. The second-order valence-electron chi connectivity index (χ2n) is 6.41. The summed E-state index contributed by atoms with van der Waals surface area (Å²) >= 11 is 0. The molecule has 2 aromatic carbocycles. The molecule has 0 aromatic heterocycles. The molecule has 1 aliphatic rings. The molecule has 0 aliphatic carbocycles. The van der Waals surface area contributed by atoms with Crippen molar-refractivity contribution in [3.63, 3.8) is 0 Å². The number of amides is 1. The first kappa shape index (κ1) is 17.0. The number of para-hydroxylation sites is 1. The minimum atomic E-state index is -0.890. The molecule has 1 amide bonds. The van der Waals surface area contributed by atoms with E-state index in [9.17, 15) is 14.7 Å². The quantitative estimate of drug-likeness (QED) is 0.931. The van der Waals surface area contributed by atoms with Crippen LogP contribution in [0.3, 0.4) is 0 Å². The average Bonchev–Trinajstić information content (AvgIpc) is 2.63. The van der Waals surface area contributed by atoms with Crippen LogP contribution in [0.25, 0.3) is 0 Å². The van der Waals surface area contributed by atoms with Crippen LogP contribution in [0.5, 0.6) is 0 Å². The lowest BCUT2D eigenvalue weighted by molar-refractivity contribution is -0.138. The molecule has 2 aromatic rings. The van der Waals surface area contributed by atoms with Gasteiger partial charge in [0, 0.05) is 30.4 Å². The van der Waals surface area contributed by atoms with E-state index in [0.717, 1.165) is 5.69 Å². The molecule has 1 N–H and O–H groups in total. The summed E-state index contributed by atoms with van der Waals surface area (Å²) in [5.41, 5.74) is 1.65. The minimum Gasteiger partial charge on any atom is -0.481 e. The zero-order valence-electron chi connectivity index (χ0n) is 14.2. The van der Waals surface area contributed by atoms with Crippen molar-refractivity contribution in [2.75, 3.05) is 18.0 Å². The van der Waals surface area contributed by atoms with E-state index in [2.05, 4.69) is 11.8 Å². The summed E-state index contributed by atoms with van der Waals surface area (Å²) in [5, 5.41) is 9.30. The van der Waals surface area contributed by atoms with Crippen LogP contribution in [0, 0.1) is 0 Å². The Morgan fingerprint density at radius 1 is 1.00 bits per heavy atom. The van der Waals surface area contributed by atoms with Gasteiger partial charge in [-0.2, -0.15) is 0 Å². The number of carboxylic acids is 1. The Hall–Kier alpha value is -2.82. The zero-order valence-corrected chi connectivity index (χ0v) is 14.2. The van der Waals surface area contributed by atoms with Gasteiger partial charge < -0.3 is 14.9 Å². The van der Waals surface area contributed by atoms with Crippen molar-refractivity contribution in [3.8, 4) is 0 Å². The van der Waals surface area contributed by atoms with Gasteiger partial charge in [0.1, 0.15) is 0 Å². The summed E-state index contributed by atoms with van der Waals surface area (Å²) in [4.78, 5) is 28.1. The fourth-order valence-corrected chi connectivity index (χ4v) is 3.39. The average molecular weight is 338 g/mol. The molecule has 25 heavy (non-hydrogen) atoms. The molecule has 1 heterocycles. The van der Waals surface area contributed by atoms with Crippen LogP contribution >= 0.6 is 0 Å². The van der Waals surface area contributed by atoms with Crippen LogP contribution in [-0.4, -0.2) is 47.1 Å². The first-order valence-corrected chi connectivity index (χ1v) is 8.45. The Morgan fingerprint density at radius 2 is 1.60 bits per heavy atom. The molecule has 5 nitrogen and oxygen atoms in total. The predicted molar refractivity (Wildman–Crippen MR) is 96.8 cm³/mol. The second-order valence-corrected chi connectivity index (χ2v) is 6.41. The van der Waals surface area contributed by atoms with Gasteiger partial charge in [0.15, 0.2) is 0 Å². The van der Waals surface area contributed by atoms with Gasteiger partial charge in [-0.05, 0) is 31.2 Å². The number of hydrogen-bond donors (Lipinski definition) is 1. The van der Waals surface area contributed by atoms with Gasteiger partial charge in [0.25, 0.3) is 5.91 Å². The molecule has 1 fully saturated rings. The summed E-state index contributed by atoms with van der Waals surface area (Å²) < 4.78 is 0. The number of hydrogen-bond acceptors (Lipinski definition) is 3. The second kappa shape index (κ2) is 7.38. The van der Waals surface area contributed by atoms with Crippen LogP contribution in [0.1, 0.15) is 23.7 Å². The van der Waals surface area contributed by atoms with E-state index < -0.39 is 5.97 Å². The van der Waals surface area contributed by atoms with Crippen LogP contribution < -0.4 is 4.90 Å². The number of benzene rings is 2. The highest BCUT2D eigenvalue weighted by atomic mass is 16.4. The maximum absolute atomic E-state index is 12.9. The summed E-state index contributed by atoms with van der Waals surface area (Å²) in [5.74, 6) is -0.996. The first-order chi connectivity index (χ1) is 12.1. The number of carbonyl (C=O) groups excluding carboxylic acids is 1. The number of aliphatic carboxylic acids is 1. The van der Waals surface area contributed by atoms with Gasteiger partial charge in [-0.1, -0.05) is 36.4 Å². The maximum atomic E-state index is 12.9. The van der Waals surface area contributed by atoms with E-state index in [0.29, 0.717) is 18.7 Å². The van der Waals surface area contributed by atoms with Gasteiger partial charge in [-0.15, -0.1) is 0 Å². The Balaban J connectivity index is 1.86. The molecule has 1 saturated heterocycles. The number of rotatable bonds is 4. The van der Waals surface area contributed by atoms with E-state index in [1.807, 2.05) is 48.5 Å². The molecular weight excluding hydrogens is 316 g/mol. The lowest BCUT2D eigenvalue weighted by Crippen LogP contribution is -2.59. The molecule has 1 aliphatic heterocycles. The summed E-state index contributed by atoms with van der Waals surface area (Å²) in [6.45, 7) is 3.08. The van der Waals surface area contributed by atoms with E-state index in [-0.39, 0.29) is 24.4 Å². The van der Waals surface area contributed by atoms with E-state index in [4.69, 9.17) is 0 Å². The van der Waals surface area contributed by atoms with Gasteiger partial charge in [0.2, 0.25) is 0 Å². The molecule has 0 saturated carbocycles. The van der Waals surface area contributed by atoms with E-state index >= 15 is 0 Å². The maximum Gasteiger partial charge on any atom is 0.305 e. The van der Waals surface area contributed by atoms with Crippen LogP contribution in [0.2, 0.25) is 0 Å². The lowest BCUT2D eigenvalue weighted by Gasteiger charge is -2.46. The van der Waals surface area contributed by atoms with Crippen molar-refractivity contribution in [1.29, 1.82) is 0 Å². The zero-order chi connectivity index (χ0) is 17.8. The smallest absolute Gasteiger partial charge is 0.305 e. The standard InChI is InChI=1S/C20H22N2O3/c1-15-13-22(20(25)16-8-4-2-5-9-16)18(12-19(23)24)14-21(15)17-10-6-3-7-11-17/h2-11,15,18H,12-14H2,1H3,(H,23,24)/t15-,18+/m1/s1. The van der Waals surface area contributed by atoms with Crippen molar-refractivity contribution < 1.29 is 14.7 Å². The fourth-order valence-electron chi connectivity index (χ4n) is 3.39. The largest absolute Gasteiger partial charge is 0.481 e. The van der Waals surface area contributed by atoms with Crippen molar-refractivity contribution in [3.05, 3.63) is 66.2 Å². The van der Waals surface area contributed by atoms with Crippen LogP contribution in [0.4, 0.5) is 5.69 Å². The topological polar surface area (TPSA) is 60.9 Å². The molecule has 2 atom stereocenters. The Morgan fingerprint density at radius 3 is 2.20 bits per heavy atom. The Labute approximate surface area is 147 Å². The highest BCUT2D eigenvalue weighted by molar-refractivity contribution is 5.95. The molecule has 0 spiro atoms. The number of carbonyl (C=O) groups is 2. The molecule has 130 valence electrons. The number of carboxylic acid groups (broad SMARTS) is 1. The molecule has 0 unspecified atom stereocenters. The van der Waals surface area contributed by atoms with Crippen molar-refractivity contribution in [2.24, 2.45) is 0 Å². The van der Waals surface area contributed by atoms with Crippen molar-refractivity contribution >= 4 is 17.6 Å². The lowest BCUT2D eigenvalue weighted by atomic mass is 10.0. The fraction of sp³-hybridized carbons (Fsp3) is 0.300. The third-order valence-corrected chi connectivity index (χ3v) is 4.62. The van der Waals surface area contributed by atoms with Gasteiger partial charge in [-0.25, -0.2) is 0 Å². The predicted octanol–water partition coefficient (Wildman–Crippen LogP) is 2.88. The van der Waals surface area contributed by atoms with E-state index in [1.165, 1.54) is 0 Å². The molecule has 3 rings (SSSR count). The first-order valence-electron chi connectivity index (χ1n) is 8.45. The van der Waals surface area contributed by atoms with Crippen LogP contribution in [-0.2, 0) is 4.79 Å². The molecular formula is C20H22N2O3. The normalized spacial score (nSPS) is 20.4. The monoisotopic (exact) mass is 338 g/mol. The third kappa shape index (κ3) is 3.82. The van der Waals surface area contributed by atoms with Gasteiger partial charge >= 0.3 is 5.97 Å². The Bertz CT molecular complexity index is 733. The minimum absolute atomic E-state index is 0.0609. The van der Waals surface area contributed by atoms with Gasteiger partial charge in [0.05, 0.1) is 12.5 Å². The number of nitrogens with zero attached hydrogens (tertiary/aromatic N) is 2. The van der Waals surface area contributed by atoms with Gasteiger partial charge in [-0.3, -0.25) is 9.59 Å². The van der Waals surface area contributed by atoms with Crippen LogP contribution in [0.15, 0.2) is 60.7 Å². The van der Waals surface area contributed by atoms with Crippen molar-refractivity contribution in [1.82, 2.24) is 4.90 Å². The molecule has 5 heteroatoms. The summed E-state index contributed by atoms with van der Waals surface area (Å²) in [6, 6.07) is 18.7. The SMILES string of the molecule is C[C@@H]1CN(C(=O)c2ccccc2)[C@@H](CC(=O)O)CN1c1ccccc1. The number of anilines is 1. The molecule has 0 radical (unpaired) electrons.